The second kappa shape index (κ2) is 24.6. The van der Waals surface area contributed by atoms with E-state index < -0.39 is 47.5 Å². The molecule has 0 radical (unpaired) electrons. The van der Waals surface area contributed by atoms with E-state index in [-0.39, 0.29) is 44.8 Å². The Bertz CT molecular complexity index is 2100. The zero-order chi connectivity index (χ0) is 44.0. The molecule has 0 heterocycles. The Balaban J connectivity index is 1.37. The number of ether oxygens (including phenoxy) is 2. The van der Waals surface area contributed by atoms with Crippen LogP contribution in [0.3, 0.4) is 0 Å². The van der Waals surface area contributed by atoms with Crippen molar-refractivity contribution in [1.82, 2.24) is 21.3 Å². The number of carbonyl (C=O) groups excluding carboxylic acids is 5. The van der Waals surface area contributed by atoms with Gasteiger partial charge in [0.15, 0.2) is 0 Å². The number of esters is 1. The van der Waals surface area contributed by atoms with Gasteiger partial charge in [0.05, 0.1) is 6.61 Å². The standard InChI is InChI=1S/C50H54N4O7S/c1-3-60-46(56)32-30-42(29-31-45(55)54-50(39-23-13-6-14-24-39,40-25-15-7-16-26-40)41-27-17-8-18-28-41)51-48(58)44(35-37-19-9-4-10-20-37)52-47(57)43(33-34-62-2)53-49(59)61-36-38-21-11-5-12-22-38/h4-28,30,32,42-44H,3,29,31,33-36H2,1-2H3,(H,51,58)(H,52,57)(H,53,59)(H,54,55)/b32-30+/t42-,43-,44-/m0/s1. The third kappa shape index (κ3) is 14.0. The Morgan fingerprint density at radius 1 is 0.613 bits per heavy atom. The van der Waals surface area contributed by atoms with Crippen molar-refractivity contribution in [2.45, 2.75) is 62.9 Å². The van der Waals surface area contributed by atoms with E-state index in [1.807, 2.05) is 158 Å². The van der Waals surface area contributed by atoms with E-state index >= 15 is 0 Å². The highest BCUT2D eigenvalue weighted by Crippen LogP contribution is 2.37. The van der Waals surface area contributed by atoms with Gasteiger partial charge < -0.3 is 30.7 Å². The highest BCUT2D eigenvalue weighted by atomic mass is 32.2. The van der Waals surface area contributed by atoms with Gasteiger partial charge in [0.1, 0.15) is 24.2 Å². The van der Waals surface area contributed by atoms with Gasteiger partial charge in [-0.1, -0.05) is 158 Å². The fourth-order valence-electron chi connectivity index (χ4n) is 6.97. The number of alkyl carbamates (subject to hydrolysis) is 1. The fraction of sp³-hybridized carbons (Fsp3) is 0.260. The summed E-state index contributed by atoms with van der Waals surface area (Å²) >= 11 is 1.51. The first-order valence-corrected chi connectivity index (χ1v) is 22.0. The van der Waals surface area contributed by atoms with E-state index in [1.165, 1.54) is 23.9 Å². The molecule has 3 atom stereocenters. The van der Waals surface area contributed by atoms with E-state index in [1.54, 1.807) is 6.92 Å². The lowest BCUT2D eigenvalue weighted by molar-refractivity contribution is -0.137. The molecule has 11 nitrogen and oxygen atoms in total. The largest absolute Gasteiger partial charge is 0.463 e. The van der Waals surface area contributed by atoms with Crippen LogP contribution in [0.4, 0.5) is 4.79 Å². The average molecular weight is 855 g/mol. The van der Waals surface area contributed by atoms with Crippen molar-refractivity contribution in [3.63, 3.8) is 0 Å². The predicted octanol–water partition coefficient (Wildman–Crippen LogP) is 7.25. The first kappa shape index (κ1) is 46.4. The lowest BCUT2D eigenvalue weighted by atomic mass is 9.77. The summed E-state index contributed by atoms with van der Waals surface area (Å²) in [5, 5.41) is 11.9. The van der Waals surface area contributed by atoms with Crippen LogP contribution in [0.1, 0.15) is 54.0 Å². The van der Waals surface area contributed by atoms with Crippen molar-refractivity contribution in [2.75, 3.05) is 18.6 Å². The van der Waals surface area contributed by atoms with Crippen molar-refractivity contribution >= 4 is 41.5 Å². The third-order valence-corrected chi connectivity index (χ3v) is 10.7. The van der Waals surface area contributed by atoms with E-state index in [2.05, 4.69) is 21.3 Å². The summed E-state index contributed by atoms with van der Waals surface area (Å²) in [4.78, 5) is 67.9. The van der Waals surface area contributed by atoms with Gasteiger partial charge in [0.2, 0.25) is 17.7 Å². The molecular formula is C50H54N4O7S. The Kier molecular flexibility index (Phi) is 18.4. The zero-order valence-corrected chi connectivity index (χ0v) is 35.9. The number of rotatable bonds is 22. The maximum Gasteiger partial charge on any atom is 0.408 e. The molecule has 0 saturated carbocycles. The monoisotopic (exact) mass is 854 g/mol. The number of hydrogen-bond acceptors (Lipinski definition) is 8. The molecule has 0 spiro atoms. The summed E-state index contributed by atoms with van der Waals surface area (Å²) in [7, 11) is 0. The smallest absolute Gasteiger partial charge is 0.408 e. The number of nitrogens with one attached hydrogen (secondary N) is 4. The molecule has 0 saturated heterocycles. The number of hydrogen-bond donors (Lipinski definition) is 4. The molecule has 0 aliphatic carbocycles. The van der Waals surface area contributed by atoms with E-state index in [0.29, 0.717) is 5.75 Å². The maximum absolute atomic E-state index is 14.3. The van der Waals surface area contributed by atoms with Gasteiger partial charge in [-0.05, 0) is 59.6 Å². The second-order valence-corrected chi connectivity index (χ2v) is 15.4. The lowest BCUT2D eigenvalue weighted by Gasteiger charge is -2.37. The average Bonchev–Trinajstić information content (AvgIpc) is 3.31. The normalized spacial score (nSPS) is 12.6. The minimum Gasteiger partial charge on any atom is -0.463 e. The van der Waals surface area contributed by atoms with Crippen LogP contribution in [0.5, 0.6) is 0 Å². The summed E-state index contributed by atoms with van der Waals surface area (Å²) in [6, 6.07) is 44.6. The van der Waals surface area contributed by atoms with Crippen LogP contribution in [0.25, 0.3) is 0 Å². The van der Waals surface area contributed by atoms with Crippen molar-refractivity contribution in [3.8, 4) is 0 Å². The van der Waals surface area contributed by atoms with Gasteiger partial charge in [-0.15, -0.1) is 0 Å². The second-order valence-electron chi connectivity index (χ2n) is 14.5. The molecule has 5 rings (SSSR count). The molecule has 62 heavy (non-hydrogen) atoms. The van der Waals surface area contributed by atoms with Crippen molar-refractivity contribution in [2.24, 2.45) is 0 Å². The molecule has 0 aromatic heterocycles. The molecular weight excluding hydrogens is 801 g/mol. The van der Waals surface area contributed by atoms with E-state index in [4.69, 9.17) is 9.47 Å². The van der Waals surface area contributed by atoms with Crippen LogP contribution >= 0.6 is 11.8 Å². The Labute approximate surface area is 368 Å². The van der Waals surface area contributed by atoms with Crippen LogP contribution in [-0.2, 0) is 47.2 Å². The number of amides is 4. The van der Waals surface area contributed by atoms with Crippen molar-refractivity contribution in [3.05, 3.63) is 192 Å². The number of carbonyl (C=O) groups is 5. The summed E-state index contributed by atoms with van der Waals surface area (Å²) in [6.07, 6.45) is 4.30. The minimum absolute atomic E-state index is 0.0209. The molecule has 0 bridgehead atoms. The topological polar surface area (TPSA) is 152 Å². The fourth-order valence-corrected chi connectivity index (χ4v) is 7.44. The predicted molar refractivity (Wildman–Crippen MR) is 243 cm³/mol. The maximum atomic E-state index is 14.3. The molecule has 0 aliphatic heterocycles. The lowest BCUT2D eigenvalue weighted by Crippen LogP contribution is -2.55. The SMILES string of the molecule is CCOC(=O)/C=C/[C@H](CCC(=O)NC(c1ccccc1)(c1ccccc1)c1ccccc1)NC(=O)[C@H](Cc1ccccc1)NC(=O)[C@H](CCSC)NC(=O)OCc1ccccc1. The summed E-state index contributed by atoms with van der Waals surface area (Å²) in [5.41, 5.74) is 3.08. The molecule has 4 amide bonds. The molecule has 4 N–H and O–H groups in total. The number of benzene rings is 5. The van der Waals surface area contributed by atoms with Crippen LogP contribution in [0.15, 0.2) is 164 Å². The van der Waals surface area contributed by atoms with E-state index in [9.17, 15) is 24.0 Å². The van der Waals surface area contributed by atoms with Crippen LogP contribution < -0.4 is 21.3 Å². The highest BCUT2D eigenvalue weighted by molar-refractivity contribution is 7.98. The van der Waals surface area contributed by atoms with E-state index in [0.717, 1.165) is 27.8 Å². The minimum atomic E-state index is -1.10. The van der Waals surface area contributed by atoms with Crippen LogP contribution in [-0.4, -0.2) is 66.5 Å². The van der Waals surface area contributed by atoms with Crippen molar-refractivity contribution < 1.29 is 33.4 Å². The highest BCUT2D eigenvalue weighted by Gasteiger charge is 2.38. The van der Waals surface area contributed by atoms with Gasteiger partial charge in [0.25, 0.3) is 0 Å². The Morgan fingerprint density at radius 2 is 1.11 bits per heavy atom. The van der Waals surface area contributed by atoms with Crippen molar-refractivity contribution in [1.29, 1.82) is 0 Å². The molecule has 322 valence electrons. The third-order valence-electron chi connectivity index (χ3n) is 10.1. The summed E-state index contributed by atoms with van der Waals surface area (Å²) < 4.78 is 10.5. The van der Waals surface area contributed by atoms with Gasteiger partial charge >= 0.3 is 12.1 Å². The molecule has 0 aliphatic rings. The van der Waals surface area contributed by atoms with Gasteiger partial charge in [-0.3, -0.25) is 14.4 Å². The van der Waals surface area contributed by atoms with Gasteiger partial charge in [-0.2, -0.15) is 11.8 Å². The molecule has 0 unspecified atom stereocenters. The number of thioether (sulfide) groups is 1. The van der Waals surface area contributed by atoms with Crippen LogP contribution in [0, 0.1) is 0 Å². The van der Waals surface area contributed by atoms with Crippen LogP contribution in [0.2, 0.25) is 0 Å². The Morgan fingerprint density at radius 3 is 1.63 bits per heavy atom. The molecule has 12 heteroatoms. The first-order chi connectivity index (χ1) is 30.2. The molecule has 5 aromatic rings. The van der Waals surface area contributed by atoms with Gasteiger partial charge in [0, 0.05) is 25.0 Å². The molecule has 5 aromatic carbocycles. The molecule has 0 fully saturated rings. The quantitative estimate of drug-likeness (QED) is 0.0323. The first-order valence-electron chi connectivity index (χ1n) is 20.6. The summed E-state index contributed by atoms with van der Waals surface area (Å²) in [5.74, 6) is -1.48. The van der Waals surface area contributed by atoms with Gasteiger partial charge in [-0.25, -0.2) is 9.59 Å². The Hall–Kier alpha value is -6.66. The summed E-state index contributed by atoms with van der Waals surface area (Å²) in [6.45, 7) is 1.86. The zero-order valence-electron chi connectivity index (χ0n) is 35.0.